The molecule has 0 aliphatic rings. The van der Waals surface area contributed by atoms with E-state index in [0.717, 1.165) is 0 Å². The summed E-state index contributed by atoms with van der Waals surface area (Å²) in [5, 5.41) is 0. The fraction of sp³-hybridized carbons (Fsp3) is 0.700. The van der Waals surface area contributed by atoms with Gasteiger partial charge in [0.05, 0.1) is 37.6 Å². The molecule has 0 saturated carbocycles. The van der Waals surface area contributed by atoms with Gasteiger partial charge in [-0.05, 0) is 24.7 Å². The van der Waals surface area contributed by atoms with Crippen molar-refractivity contribution in [2.75, 3.05) is 26.4 Å². The topological polar surface area (TPSA) is 61.8 Å². The molecule has 0 unspecified atom stereocenters. The molecule has 0 fully saturated rings. The third-order valence-corrected chi connectivity index (χ3v) is 3.04. The van der Waals surface area contributed by atoms with Crippen molar-refractivity contribution in [1.82, 2.24) is 0 Å². The largest absolute Gasteiger partial charge is 0.462 e. The maximum atomic E-state index is 12.1. The zero-order valence-electron chi connectivity index (χ0n) is 16.6. The van der Waals surface area contributed by atoms with Crippen LogP contribution in [-0.4, -0.2) is 38.4 Å². The fourth-order valence-electron chi connectivity index (χ4n) is 1.84. The summed E-state index contributed by atoms with van der Waals surface area (Å²) < 4.78 is 16.1. The van der Waals surface area contributed by atoms with E-state index < -0.39 is 0 Å². The molecule has 0 spiro atoms. The minimum atomic E-state index is -0.362. The normalized spacial score (nSPS) is 12.6. The number of ether oxygens (including phenoxy) is 3. The molecule has 0 aromatic rings. The lowest BCUT2D eigenvalue weighted by atomic mass is 10.2. The summed E-state index contributed by atoms with van der Waals surface area (Å²) in [5.41, 5.74) is 0.962. The second-order valence-electron chi connectivity index (χ2n) is 6.75. The first-order chi connectivity index (χ1) is 11.8. The standard InChI is InChI=1S/C20H34O5/c1-7-9-17(19(21)24-11-15(3)4)13-23-14-18(10-8-2)20(22)25-12-16(5)6/h9-10,15-16H,7-8,11-14H2,1-6H3. The molecule has 0 aromatic carbocycles. The Morgan fingerprint density at radius 2 is 1.12 bits per heavy atom. The molecule has 0 aliphatic heterocycles. The van der Waals surface area contributed by atoms with Gasteiger partial charge in [-0.15, -0.1) is 0 Å². The predicted molar refractivity (Wildman–Crippen MR) is 99.2 cm³/mol. The predicted octanol–water partition coefficient (Wildman–Crippen LogP) is 4.07. The fourth-order valence-corrected chi connectivity index (χ4v) is 1.84. The molecular weight excluding hydrogens is 320 g/mol. The Morgan fingerprint density at radius 1 is 0.760 bits per heavy atom. The number of carbonyl (C=O) groups is 2. The number of carbonyl (C=O) groups excluding carboxylic acids is 2. The molecule has 0 saturated heterocycles. The number of rotatable bonds is 12. The Morgan fingerprint density at radius 3 is 1.40 bits per heavy atom. The Hall–Kier alpha value is -1.62. The lowest BCUT2D eigenvalue weighted by molar-refractivity contribution is -0.140. The van der Waals surface area contributed by atoms with E-state index >= 15 is 0 Å². The summed E-state index contributed by atoms with van der Waals surface area (Å²) in [4.78, 5) is 24.1. The van der Waals surface area contributed by atoms with Crippen LogP contribution in [0.2, 0.25) is 0 Å². The van der Waals surface area contributed by atoms with E-state index in [1.165, 1.54) is 0 Å². The number of hydrogen-bond donors (Lipinski definition) is 0. The maximum absolute atomic E-state index is 12.1. The first-order valence-electron chi connectivity index (χ1n) is 9.11. The lowest BCUT2D eigenvalue weighted by Gasteiger charge is -2.13. The van der Waals surface area contributed by atoms with Crippen molar-refractivity contribution in [3.8, 4) is 0 Å². The van der Waals surface area contributed by atoms with Crippen molar-refractivity contribution in [2.24, 2.45) is 11.8 Å². The van der Waals surface area contributed by atoms with Crippen LogP contribution in [0.25, 0.3) is 0 Å². The third-order valence-electron chi connectivity index (χ3n) is 3.04. The van der Waals surface area contributed by atoms with Gasteiger partial charge in [0.25, 0.3) is 0 Å². The smallest absolute Gasteiger partial charge is 0.336 e. The van der Waals surface area contributed by atoms with Gasteiger partial charge < -0.3 is 14.2 Å². The van der Waals surface area contributed by atoms with Crippen molar-refractivity contribution in [3.05, 3.63) is 23.3 Å². The van der Waals surface area contributed by atoms with Crippen molar-refractivity contribution in [2.45, 2.75) is 54.4 Å². The van der Waals surface area contributed by atoms with Crippen LogP contribution in [0.4, 0.5) is 0 Å². The number of esters is 2. The second kappa shape index (κ2) is 13.6. The Labute approximate surface area is 152 Å². The molecule has 5 heteroatoms. The van der Waals surface area contributed by atoms with Gasteiger partial charge in [-0.3, -0.25) is 0 Å². The number of hydrogen-bond acceptors (Lipinski definition) is 5. The molecule has 0 aromatic heterocycles. The van der Waals surface area contributed by atoms with Crippen molar-refractivity contribution in [1.29, 1.82) is 0 Å². The maximum Gasteiger partial charge on any atom is 0.336 e. The van der Waals surface area contributed by atoms with Gasteiger partial charge in [0.15, 0.2) is 0 Å². The molecule has 0 atom stereocenters. The van der Waals surface area contributed by atoms with E-state index in [0.29, 0.717) is 37.2 Å². The van der Waals surface area contributed by atoms with Gasteiger partial charge >= 0.3 is 11.9 Å². The molecular formula is C20H34O5. The quantitative estimate of drug-likeness (QED) is 0.390. The van der Waals surface area contributed by atoms with Crippen LogP contribution >= 0.6 is 0 Å². The van der Waals surface area contributed by atoms with E-state index in [9.17, 15) is 9.59 Å². The van der Waals surface area contributed by atoms with E-state index in [2.05, 4.69) is 0 Å². The molecule has 0 N–H and O–H groups in total. The van der Waals surface area contributed by atoms with Gasteiger partial charge in [0.1, 0.15) is 0 Å². The summed E-state index contributed by atoms with van der Waals surface area (Å²) in [6.45, 7) is 12.8. The van der Waals surface area contributed by atoms with Gasteiger partial charge in [-0.25, -0.2) is 9.59 Å². The molecule has 0 radical (unpaired) electrons. The monoisotopic (exact) mass is 354 g/mol. The van der Waals surface area contributed by atoms with Crippen molar-refractivity contribution < 1.29 is 23.8 Å². The van der Waals surface area contributed by atoms with Crippen LogP contribution in [0.3, 0.4) is 0 Å². The van der Waals surface area contributed by atoms with Crippen LogP contribution in [0.1, 0.15) is 54.4 Å². The van der Waals surface area contributed by atoms with Gasteiger partial charge in [0, 0.05) is 0 Å². The molecule has 0 rings (SSSR count). The molecule has 0 bridgehead atoms. The van der Waals surface area contributed by atoms with Crippen molar-refractivity contribution >= 4 is 11.9 Å². The lowest BCUT2D eigenvalue weighted by Crippen LogP contribution is -2.19. The van der Waals surface area contributed by atoms with Crippen LogP contribution in [-0.2, 0) is 23.8 Å². The number of allylic oxidation sites excluding steroid dienone is 2. The van der Waals surface area contributed by atoms with Gasteiger partial charge in [-0.1, -0.05) is 53.7 Å². The van der Waals surface area contributed by atoms with Crippen LogP contribution in [0.15, 0.2) is 23.3 Å². The van der Waals surface area contributed by atoms with Gasteiger partial charge in [0.2, 0.25) is 0 Å². The summed E-state index contributed by atoms with van der Waals surface area (Å²) in [7, 11) is 0. The first-order valence-corrected chi connectivity index (χ1v) is 9.11. The zero-order valence-corrected chi connectivity index (χ0v) is 16.6. The second-order valence-corrected chi connectivity index (χ2v) is 6.75. The van der Waals surface area contributed by atoms with Crippen LogP contribution in [0, 0.1) is 11.8 Å². The SMILES string of the molecule is CCC=C(COCC(=CCC)C(=O)OCC(C)C)C(=O)OCC(C)C. The van der Waals surface area contributed by atoms with Gasteiger partial charge in [-0.2, -0.15) is 0 Å². The van der Waals surface area contributed by atoms with E-state index in [1.807, 2.05) is 41.5 Å². The summed E-state index contributed by atoms with van der Waals surface area (Å²) in [6.07, 6.45) is 5.01. The molecule has 5 nitrogen and oxygen atoms in total. The molecule has 0 amide bonds. The minimum absolute atomic E-state index is 0.114. The van der Waals surface area contributed by atoms with E-state index in [1.54, 1.807) is 12.2 Å². The average Bonchev–Trinajstić information content (AvgIpc) is 2.55. The summed E-state index contributed by atoms with van der Waals surface area (Å²) in [6, 6.07) is 0. The van der Waals surface area contributed by atoms with Crippen LogP contribution in [0.5, 0.6) is 0 Å². The highest BCUT2D eigenvalue weighted by Gasteiger charge is 2.15. The highest BCUT2D eigenvalue weighted by atomic mass is 16.5. The van der Waals surface area contributed by atoms with Crippen LogP contribution < -0.4 is 0 Å². The Kier molecular flexibility index (Phi) is 12.8. The van der Waals surface area contributed by atoms with E-state index in [-0.39, 0.29) is 37.0 Å². The first kappa shape index (κ1) is 23.4. The minimum Gasteiger partial charge on any atom is -0.462 e. The highest BCUT2D eigenvalue weighted by molar-refractivity contribution is 5.89. The molecule has 144 valence electrons. The Balaban J connectivity index is 4.61. The Bertz CT molecular complexity index is 419. The molecule has 25 heavy (non-hydrogen) atoms. The highest BCUT2D eigenvalue weighted by Crippen LogP contribution is 2.08. The third kappa shape index (κ3) is 11.5. The summed E-state index contributed by atoms with van der Waals surface area (Å²) in [5.74, 6) is -0.164. The van der Waals surface area contributed by atoms with Crippen molar-refractivity contribution in [3.63, 3.8) is 0 Å². The summed E-state index contributed by atoms with van der Waals surface area (Å²) >= 11 is 0. The average molecular weight is 354 g/mol. The zero-order chi connectivity index (χ0) is 19.2. The molecule has 0 aliphatic carbocycles. The van der Waals surface area contributed by atoms with E-state index in [4.69, 9.17) is 14.2 Å². The molecule has 0 heterocycles.